The minimum atomic E-state index is 0.185. The molecule has 0 saturated carbocycles. The predicted octanol–water partition coefficient (Wildman–Crippen LogP) is 3.23. The molecule has 1 atom stereocenters. The van der Waals surface area contributed by atoms with Crippen LogP contribution in [0.1, 0.15) is 54.9 Å². The molecule has 0 aliphatic rings. The van der Waals surface area contributed by atoms with E-state index in [4.69, 9.17) is 0 Å². The van der Waals surface area contributed by atoms with Gasteiger partial charge < -0.3 is 4.90 Å². The molecule has 16 heavy (non-hydrogen) atoms. The van der Waals surface area contributed by atoms with E-state index in [0.717, 1.165) is 6.54 Å². The lowest BCUT2D eigenvalue weighted by Crippen LogP contribution is -2.61. The summed E-state index contributed by atoms with van der Waals surface area (Å²) in [7, 11) is 4.46. The summed E-state index contributed by atoms with van der Waals surface area (Å²) >= 11 is 0. The second-order valence-corrected chi connectivity index (χ2v) is 6.13. The zero-order valence-corrected chi connectivity index (χ0v) is 12.9. The van der Waals surface area contributed by atoms with Crippen LogP contribution in [0.5, 0.6) is 0 Å². The molecule has 0 aromatic rings. The van der Waals surface area contributed by atoms with E-state index < -0.39 is 0 Å². The Hall–Kier alpha value is -0.0800. The first kappa shape index (κ1) is 15.9. The van der Waals surface area contributed by atoms with Gasteiger partial charge in [-0.15, -0.1) is 0 Å². The highest BCUT2D eigenvalue weighted by molar-refractivity contribution is 4.96. The third kappa shape index (κ3) is 3.21. The summed E-state index contributed by atoms with van der Waals surface area (Å²) in [4.78, 5) is 4.94. The van der Waals surface area contributed by atoms with Gasteiger partial charge in [0.25, 0.3) is 0 Å². The molecule has 0 amide bonds. The number of rotatable bonds is 6. The molecule has 0 rings (SSSR count). The van der Waals surface area contributed by atoms with Gasteiger partial charge in [-0.2, -0.15) is 0 Å². The Morgan fingerprint density at radius 1 is 1.00 bits per heavy atom. The molecule has 0 radical (unpaired) electrons. The highest BCUT2D eigenvalue weighted by Gasteiger charge is 2.38. The van der Waals surface area contributed by atoms with Crippen LogP contribution in [0.25, 0.3) is 0 Å². The molecule has 0 N–H and O–H groups in total. The Morgan fingerprint density at radius 2 is 1.44 bits per heavy atom. The average Bonchev–Trinajstić information content (AvgIpc) is 2.25. The van der Waals surface area contributed by atoms with Crippen LogP contribution in [-0.4, -0.2) is 47.6 Å². The van der Waals surface area contributed by atoms with Crippen molar-refractivity contribution in [1.29, 1.82) is 0 Å². The van der Waals surface area contributed by atoms with E-state index in [-0.39, 0.29) is 11.1 Å². The molecule has 2 heteroatoms. The highest BCUT2D eigenvalue weighted by Crippen LogP contribution is 2.29. The van der Waals surface area contributed by atoms with Gasteiger partial charge in [0.05, 0.1) is 0 Å². The van der Waals surface area contributed by atoms with Gasteiger partial charge in [0.15, 0.2) is 0 Å². The zero-order valence-electron chi connectivity index (χ0n) is 12.9. The summed E-state index contributed by atoms with van der Waals surface area (Å²) in [5.74, 6) is 0. The largest absolute Gasteiger partial charge is 0.302 e. The van der Waals surface area contributed by atoms with Gasteiger partial charge >= 0.3 is 0 Å². The minimum Gasteiger partial charge on any atom is -0.302 e. The van der Waals surface area contributed by atoms with Gasteiger partial charge in [-0.1, -0.05) is 13.8 Å². The van der Waals surface area contributed by atoms with E-state index in [2.05, 4.69) is 72.4 Å². The number of hydrogen-bond donors (Lipinski definition) is 0. The number of nitrogens with zero attached hydrogens (tertiary/aromatic N) is 2. The SMILES string of the molecule is CCN(C)C(C)C(C)(C)N(C)C(C)(C)CC. The molecule has 1 unspecified atom stereocenters. The molecule has 0 spiro atoms. The van der Waals surface area contributed by atoms with Crippen molar-refractivity contribution in [3.8, 4) is 0 Å². The Kier molecular flexibility index (Phi) is 5.48. The molecule has 2 nitrogen and oxygen atoms in total. The van der Waals surface area contributed by atoms with Crippen LogP contribution in [0.15, 0.2) is 0 Å². The average molecular weight is 228 g/mol. The molecule has 98 valence electrons. The van der Waals surface area contributed by atoms with Crippen molar-refractivity contribution in [2.45, 2.75) is 72.0 Å². The first-order chi connectivity index (χ1) is 7.11. The second kappa shape index (κ2) is 5.50. The Morgan fingerprint density at radius 3 is 1.75 bits per heavy atom. The van der Waals surface area contributed by atoms with Gasteiger partial charge in [0.1, 0.15) is 0 Å². The molecule has 0 aliphatic carbocycles. The van der Waals surface area contributed by atoms with Gasteiger partial charge in [-0.25, -0.2) is 0 Å². The first-order valence-electron chi connectivity index (χ1n) is 6.55. The third-order valence-corrected chi connectivity index (χ3v) is 4.82. The summed E-state index contributed by atoms with van der Waals surface area (Å²) in [5, 5.41) is 0. The molecule has 0 bridgehead atoms. The molecule has 0 aliphatic heterocycles. The van der Waals surface area contributed by atoms with Crippen molar-refractivity contribution in [1.82, 2.24) is 9.80 Å². The van der Waals surface area contributed by atoms with E-state index in [1.54, 1.807) is 0 Å². The smallest absolute Gasteiger partial charge is 0.0307 e. The number of hydrogen-bond acceptors (Lipinski definition) is 2. The zero-order chi connectivity index (χ0) is 13.1. The normalized spacial score (nSPS) is 15.9. The van der Waals surface area contributed by atoms with Crippen LogP contribution in [-0.2, 0) is 0 Å². The molecule has 0 saturated heterocycles. The van der Waals surface area contributed by atoms with Crippen molar-refractivity contribution in [2.75, 3.05) is 20.6 Å². The maximum Gasteiger partial charge on any atom is 0.0307 e. The van der Waals surface area contributed by atoms with Gasteiger partial charge in [-0.3, -0.25) is 4.90 Å². The quantitative estimate of drug-likeness (QED) is 0.689. The minimum absolute atomic E-state index is 0.185. The van der Waals surface area contributed by atoms with Crippen molar-refractivity contribution < 1.29 is 0 Å². The molecular weight excluding hydrogens is 196 g/mol. The maximum atomic E-state index is 2.52. The fourth-order valence-corrected chi connectivity index (χ4v) is 2.11. The standard InChI is InChI=1S/C14H32N2/c1-10-13(4,5)16(9)14(6,7)12(3)15(8)11-2/h12H,10-11H2,1-9H3. The molecule has 0 fully saturated rings. The topological polar surface area (TPSA) is 6.48 Å². The van der Waals surface area contributed by atoms with E-state index in [1.807, 2.05) is 0 Å². The Balaban J connectivity index is 4.90. The Labute approximate surface area is 103 Å². The third-order valence-electron chi connectivity index (χ3n) is 4.82. The van der Waals surface area contributed by atoms with E-state index in [1.165, 1.54) is 6.42 Å². The molecular formula is C14H32N2. The highest BCUT2D eigenvalue weighted by atomic mass is 15.3. The lowest BCUT2D eigenvalue weighted by molar-refractivity contribution is -0.00947. The first-order valence-corrected chi connectivity index (χ1v) is 6.55. The summed E-state index contributed by atoms with van der Waals surface area (Å²) in [6.07, 6.45) is 1.18. The summed E-state index contributed by atoms with van der Waals surface area (Å²) in [6.45, 7) is 17.3. The van der Waals surface area contributed by atoms with E-state index >= 15 is 0 Å². The Bertz CT molecular complexity index is 209. The van der Waals surface area contributed by atoms with E-state index in [9.17, 15) is 0 Å². The van der Waals surface area contributed by atoms with Crippen LogP contribution in [0.2, 0.25) is 0 Å². The van der Waals surface area contributed by atoms with Crippen molar-refractivity contribution >= 4 is 0 Å². The van der Waals surface area contributed by atoms with Gasteiger partial charge in [0, 0.05) is 17.1 Å². The van der Waals surface area contributed by atoms with Crippen LogP contribution in [0.4, 0.5) is 0 Å². The summed E-state index contributed by atoms with van der Waals surface area (Å²) in [5.41, 5.74) is 0.441. The molecule has 0 heterocycles. The fraction of sp³-hybridized carbons (Fsp3) is 1.00. The summed E-state index contributed by atoms with van der Waals surface area (Å²) < 4.78 is 0. The monoisotopic (exact) mass is 228 g/mol. The molecule has 0 aromatic heterocycles. The lowest BCUT2D eigenvalue weighted by Gasteiger charge is -2.51. The maximum absolute atomic E-state index is 2.52. The van der Waals surface area contributed by atoms with Crippen molar-refractivity contribution in [3.05, 3.63) is 0 Å². The van der Waals surface area contributed by atoms with Crippen LogP contribution >= 0.6 is 0 Å². The summed E-state index contributed by atoms with van der Waals surface area (Å²) in [6, 6.07) is 0.549. The lowest BCUT2D eigenvalue weighted by atomic mass is 9.86. The molecule has 0 aromatic carbocycles. The van der Waals surface area contributed by atoms with E-state index in [0.29, 0.717) is 6.04 Å². The second-order valence-electron chi connectivity index (χ2n) is 6.13. The predicted molar refractivity (Wildman–Crippen MR) is 74.0 cm³/mol. The van der Waals surface area contributed by atoms with Crippen LogP contribution < -0.4 is 0 Å². The van der Waals surface area contributed by atoms with Gasteiger partial charge in [0.2, 0.25) is 0 Å². The number of likely N-dealkylation sites (N-methyl/N-ethyl adjacent to an activating group) is 2. The van der Waals surface area contributed by atoms with Crippen molar-refractivity contribution in [2.24, 2.45) is 0 Å². The van der Waals surface area contributed by atoms with Gasteiger partial charge in [-0.05, 0) is 61.7 Å². The van der Waals surface area contributed by atoms with Crippen molar-refractivity contribution in [3.63, 3.8) is 0 Å². The van der Waals surface area contributed by atoms with Crippen LogP contribution in [0, 0.1) is 0 Å². The van der Waals surface area contributed by atoms with Crippen LogP contribution in [0.3, 0.4) is 0 Å². The fourth-order valence-electron chi connectivity index (χ4n) is 2.11.